The van der Waals surface area contributed by atoms with Crippen LogP contribution in [0.3, 0.4) is 0 Å². The van der Waals surface area contributed by atoms with Gasteiger partial charge in [-0.05, 0) is 17.7 Å². The number of aromatic amines is 1. The minimum Gasteiger partial charge on any atom is -0.351 e. The van der Waals surface area contributed by atoms with Crippen LogP contribution >= 0.6 is 11.6 Å². The summed E-state index contributed by atoms with van der Waals surface area (Å²) in [5, 5.41) is 12.1. The number of anilines is 1. The molecule has 5 nitrogen and oxygen atoms in total. The highest BCUT2D eigenvalue weighted by Crippen LogP contribution is 2.29. The zero-order valence-corrected chi connectivity index (χ0v) is 9.95. The fourth-order valence-electron chi connectivity index (χ4n) is 1.62. The third kappa shape index (κ3) is 2.29. The lowest BCUT2D eigenvalue weighted by Crippen LogP contribution is -2.20. The Morgan fingerprint density at radius 3 is 2.61 bits per heavy atom. The van der Waals surface area contributed by atoms with Crippen LogP contribution in [-0.4, -0.2) is 11.0 Å². The Morgan fingerprint density at radius 1 is 1.39 bits per heavy atom. The number of hydrogen-bond donors (Lipinski definition) is 3. The van der Waals surface area contributed by atoms with E-state index in [9.17, 15) is 4.79 Å². The molecule has 0 atom stereocenters. The zero-order valence-electron chi connectivity index (χ0n) is 9.20. The maximum atomic E-state index is 10.8. The lowest BCUT2D eigenvalue weighted by atomic mass is 10.1. The molecule has 0 aliphatic rings. The number of aromatic nitrogens is 1. The molecule has 90 valence electrons. The van der Waals surface area contributed by atoms with Gasteiger partial charge in [0.15, 0.2) is 0 Å². The van der Waals surface area contributed by atoms with Gasteiger partial charge in [-0.3, -0.25) is 5.32 Å². The number of nitrogens with zero attached hydrogens (tertiary/aromatic N) is 1. The number of primary amides is 1. The Labute approximate surface area is 108 Å². The van der Waals surface area contributed by atoms with Crippen LogP contribution in [0.2, 0.25) is 5.02 Å². The van der Waals surface area contributed by atoms with Gasteiger partial charge in [-0.15, -0.1) is 0 Å². The molecule has 1 heterocycles. The molecule has 0 radical (unpaired) electrons. The topological polar surface area (TPSA) is 94.7 Å². The number of rotatable bonds is 2. The minimum atomic E-state index is -0.726. The molecule has 0 saturated heterocycles. The summed E-state index contributed by atoms with van der Waals surface area (Å²) >= 11 is 5.80. The number of urea groups is 1. The van der Waals surface area contributed by atoms with Gasteiger partial charge in [0.2, 0.25) is 0 Å². The van der Waals surface area contributed by atoms with Crippen molar-refractivity contribution in [2.24, 2.45) is 5.73 Å². The van der Waals surface area contributed by atoms with Gasteiger partial charge in [0, 0.05) is 16.8 Å². The Hall–Kier alpha value is -2.45. The molecule has 2 rings (SSSR count). The lowest BCUT2D eigenvalue weighted by molar-refractivity contribution is 0.259. The van der Waals surface area contributed by atoms with Crippen LogP contribution in [0.15, 0.2) is 30.5 Å². The van der Waals surface area contributed by atoms with E-state index in [-0.39, 0.29) is 5.82 Å². The Bertz CT molecular complexity index is 625. The van der Waals surface area contributed by atoms with Gasteiger partial charge >= 0.3 is 6.03 Å². The molecule has 18 heavy (non-hydrogen) atoms. The Kier molecular flexibility index (Phi) is 3.22. The van der Waals surface area contributed by atoms with E-state index in [0.29, 0.717) is 16.1 Å². The van der Waals surface area contributed by atoms with Crippen LogP contribution in [0.4, 0.5) is 10.6 Å². The molecule has 1 aromatic heterocycles. The van der Waals surface area contributed by atoms with Crippen LogP contribution in [0.25, 0.3) is 11.1 Å². The lowest BCUT2D eigenvalue weighted by Gasteiger charge is -2.01. The molecule has 2 amide bonds. The van der Waals surface area contributed by atoms with E-state index in [1.807, 2.05) is 6.07 Å². The number of amides is 2. The molecular weight excluding hydrogens is 252 g/mol. The largest absolute Gasteiger partial charge is 0.351 e. The van der Waals surface area contributed by atoms with Gasteiger partial charge in [0.1, 0.15) is 17.5 Å². The van der Waals surface area contributed by atoms with Crippen LogP contribution in [0.5, 0.6) is 0 Å². The van der Waals surface area contributed by atoms with E-state index < -0.39 is 6.03 Å². The predicted molar refractivity (Wildman–Crippen MR) is 69.2 cm³/mol. The molecule has 0 unspecified atom stereocenters. The summed E-state index contributed by atoms with van der Waals surface area (Å²) < 4.78 is 0. The average molecular weight is 261 g/mol. The monoisotopic (exact) mass is 260 g/mol. The third-order valence-electron chi connectivity index (χ3n) is 2.40. The van der Waals surface area contributed by atoms with Crippen molar-refractivity contribution in [2.45, 2.75) is 0 Å². The molecule has 0 saturated carbocycles. The third-order valence-corrected chi connectivity index (χ3v) is 2.65. The van der Waals surface area contributed by atoms with E-state index >= 15 is 0 Å². The number of halogens is 1. The number of nitriles is 1. The summed E-state index contributed by atoms with van der Waals surface area (Å²) in [6.45, 7) is 0. The summed E-state index contributed by atoms with van der Waals surface area (Å²) in [6, 6.07) is 8.34. The molecule has 0 bridgehead atoms. The standard InChI is InChI=1S/C12H9ClN4O/c13-8-3-1-7(2-4-8)10-6-16-11(9(10)5-14)17-12(15)18/h1-4,6,16H,(H3,15,17,18). The minimum absolute atomic E-state index is 0.287. The Morgan fingerprint density at radius 2 is 2.06 bits per heavy atom. The molecule has 6 heteroatoms. The molecule has 0 fully saturated rings. The number of hydrogen-bond acceptors (Lipinski definition) is 2. The van der Waals surface area contributed by atoms with Gasteiger partial charge in [-0.25, -0.2) is 4.79 Å². The van der Waals surface area contributed by atoms with Crippen molar-refractivity contribution in [3.63, 3.8) is 0 Å². The molecule has 4 N–H and O–H groups in total. The molecule has 0 aliphatic carbocycles. The van der Waals surface area contributed by atoms with Crippen molar-refractivity contribution >= 4 is 23.4 Å². The summed E-state index contributed by atoms with van der Waals surface area (Å²) in [7, 11) is 0. The van der Waals surface area contributed by atoms with Gasteiger partial charge in [-0.2, -0.15) is 5.26 Å². The second-order valence-electron chi connectivity index (χ2n) is 3.56. The van der Waals surface area contributed by atoms with Crippen molar-refractivity contribution in [3.8, 4) is 17.2 Å². The zero-order chi connectivity index (χ0) is 13.1. The van der Waals surface area contributed by atoms with Gasteiger partial charge in [0.25, 0.3) is 0 Å². The number of benzene rings is 1. The molecule has 2 aromatic rings. The summed E-state index contributed by atoms with van der Waals surface area (Å²) in [6.07, 6.45) is 1.63. The summed E-state index contributed by atoms with van der Waals surface area (Å²) in [5.41, 5.74) is 6.85. The fraction of sp³-hybridized carbons (Fsp3) is 0. The van der Waals surface area contributed by atoms with E-state index in [1.165, 1.54) is 0 Å². The van der Waals surface area contributed by atoms with Crippen LogP contribution in [-0.2, 0) is 0 Å². The predicted octanol–water partition coefficient (Wildman–Crippen LogP) is 2.70. The van der Waals surface area contributed by atoms with Gasteiger partial charge in [0.05, 0.1) is 0 Å². The van der Waals surface area contributed by atoms with E-state index in [1.54, 1.807) is 30.5 Å². The second kappa shape index (κ2) is 4.82. The van der Waals surface area contributed by atoms with Crippen molar-refractivity contribution in [3.05, 3.63) is 41.0 Å². The first-order chi connectivity index (χ1) is 8.61. The second-order valence-corrected chi connectivity index (χ2v) is 4.00. The first-order valence-corrected chi connectivity index (χ1v) is 5.43. The molecular formula is C12H9ClN4O. The molecule has 1 aromatic carbocycles. The van der Waals surface area contributed by atoms with Crippen molar-refractivity contribution < 1.29 is 4.79 Å². The SMILES string of the molecule is N#Cc1c(-c2ccc(Cl)cc2)c[nH]c1NC(N)=O. The highest BCUT2D eigenvalue weighted by atomic mass is 35.5. The summed E-state index contributed by atoms with van der Waals surface area (Å²) in [5.74, 6) is 0.287. The number of carbonyl (C=O) groups excluding carboxylic acids is 1. The van der Waals surface area contributed by atoms with E-state index in [4.69, 9.17) is 22.6 Å². The Balaban J connectivity index is 2.46. The van der Waals surface area contributed by atoms with Crippen LogP contribution < -0.4 is 11.1 Å². The van der Waals surface area contributed by atoms with Crippen molar-refractivity contribution in [1.82, 2.24) is 4.98 Å². The normalized spacial score (nSPS) is 9.78. The fourth-order valence-corrected chi connectivity index (χ4v) is 1.74. The van der Waals surface area contributed by atoms with E-state index in [0.717, 1.165) is 5.56 Å². The maximum absolute atomic E-state index is 10.8. The quantitative estimate of drug-likeness (QED) is 0.774. The first kappa shape index (κ1) is 12.0. The summed E-state index contributed by atoms with van der Waals surface area (Å²) in [4.78, 5) is 13.6. The van der Waals surface area contributed by atoms with E-state index in [2.05, 4.69) is 10.3 Å². The number of H-pyrrole nitrogens is 1. The van der Waals surface area contributed by atoms with Crippen LogP contribution in [0, 0.1) is 11.3 Å². The number of nitrogens with two attached hydrogens (primary N) is 1. The number of carbonyl (C=O) groups is 1. The molecule has 0 spiro atoms. The van der Waals surface area contributed by atoms with Crippen LogP contribution in [0.1, 0.15) is 5.56 Å². The van der Waals surface area contributed by atoms with Gasteiger partial charge < -0.3 is 10.7 Å². The maximum Gasteiger partial charge on any atom is 0.317 e. The first-order valence-electron chi connectivity index (χ1n) is 5.05. The number of nitrogens with one attached hydrogen (secondary N) is 2. The highest BCUT2D eigenvalue weighted by Gasteiger charge is 2.13. The van der Waals surface area contributed by atoms with Crippen molar-refractivity contribution in [2.75, 3.05) is 5.32 Å². The highest BCUT2D eigenvalue weighted by molar-refractivity contribution is 6.30. The van der Waals surface area contributed by atoms with Crippen molar-refractivity contribution in [1.29, 1.82) is 5.26 Å². The smallest absolute Gasteiger partial charge is 0.317 e. The molecule has 0 aliphatic heterocycles. The average Bonchev–Trinajstić information content (AvgIpc) is 2.72. The van der Waals surface area contributed by atoms with Gasteiger partial charge in [-0.1, -0.05) is 23.7 Å².